The summed E-state index contributed by atoms with van der Waals surface area (Å²) in [4.78, 5) is 36.9. The smallest absolute Gasteiger partial charge is 0.407 e. The zero-order chi connectivity index (χ0) is 15.3. The molecule has 7 nitrogen and oxygen atoms in total. The maximum Gasteiger partial charge on any atom is 0.407 e. The molecule has 2 atom stereocenters. The van der Waals surface area contributed by atoms with Gasteiger partial charge in [0.15, 0.2) is 0 Å². The van der Waals surface area contributed by atoms with E-state index in [1.165, 1.54) is 7.11 Å². The lowest BCUT2D eigenvalue weighted by Crippen LogP contribution is -2.50. The van der Waals surface area contributed by atoms with Gasteiger partial charge in [0.05, 0.1) is 13.0 Å². The molecular weight excluding hydrogens is 262 g/mol. The van der Waals surface area contributed by atoms with Crippen LogP contribution in [-0.4, -0.2) is 56.1 Å². The first-order chi connectivity index (χ1) is 9.40. The van der Waals surface area contributed by atoms with Crippen molar-refractivity contribution >= 4 is 17.9 Å². The number of nitrogens with zero attached hydrogens (tertiary/aromatic N) is 1. The van der Waals surface area contributed by atoms with E-state index in [2.05, 4.69) is 15.4 Å². The van der Waals surface area contributed by atoms with Gasteiger partial charge in [0, 0.05) is 20.1 Å². The summed E-state index contributed by atoms with van der Waals surface area (Å²) in [6.45, 7) is 4.63. The summed E-state index contributed by atoms with van der Waals surface area (Å²) < 4.78 is 4.54. The van der Waals surface area contributed by atoms with Gasteiger partial charge in [-0.05, 0) is 12.3 Å². The van der Waals surface area contributed by atoms with Crippen molar-refractivity contribution in [1.29, 1.82) is 0 Å². The highest BCUT2D eigenvalue weighted by molar-refractivity contribution is 5.87. The van der Waals surface area contributed by atoms with E-state index < -0.39 is 12.1 Å². The largest absolute Gasteiger partial charge is 0.453 e. The number of nitrogens with one attached hydrogen (secondary N) is 2. The number of hydrogen-bond donors (Lipinski definition) is 2. The number of methoxy groups -OCH3 is 1. The Hall–Kier alpha value is -1.79. The van der Waals surface area contributed by atoms with Crippen molar-refractivity contribution in [2.45, 2.75) is 26.3 Å². The molecule has 1 saturated heterocycles. The van der Waals surface area contributed by atoms with E-state index in [4.69, 9.17) is 0 Å². The lowest BCUT2D eigenvalue weighted by molar-refractivity contribution is -0.133. The highest BCUT2D eigenvalue weighted by Gasteiger charge is 2.35. The molecule has 0 aromatic rings. The SMILES string of the molecule is CNC(=O)[C@@H]1CCN(C(=O)[C@@H](NC(=O)OC)C(C)C)C1. The first-order valence-electron chi connectivity index (χ1n) is 6.75. The minimum atomic E-state index is -0.633. The Morgan fingerprint density at radius 1 is 1.30 bits per heavy atom. The number of ether oxygens (including phenoxy) is 1. The van der Waals surface area contributed by atoms with Crippen LogP contribution in [0.2, 0.25) is 0 Å². The van der Waals surface area contributed by atoms with Crippen molar-refractivity contribution in [2.24, 2.45) is 11.8 Å². The lowest BCUT2D eigenvalue weighted by atomic mass is 10.0. The number of carbonyl (C=O) groups is 3. The first kappa shape index (κ1) is 16.3. The molecule has 1 rings (SSSR count). The molecule has 0 bridgehead atoms. The topological polar surface area (TPSA) is 87.7 Å². The molecule has 1 aliphatic heterocycles. The Balaban J connectivity index is 2.67. The molecule has 3 amide bonds. The van der Waals surface area contributed by atoms with Crippen molar-refractivity contribution < 1.29 is 19.1 Å². The van der Waals surface area contributed by atoms with E-state index >= 15 is 0 Å². The minimum absolute atomic E-state index is 0.0534. The predicted molar refractivity (Wildman–Crippen MR) is 72.9 cm³/mol. The van der Waals surface area contributed by atoms with E-state index in [1.807, 2.05) is 13.8 Å². The summed E-state index contributed by atoms with van der Waals surface area (Å²) in [5, 5.41) is 5.14. The highest BCUT2D eigenvalue weighted by atomic mass is 16.5. The van der Waals surface area contributed by atoms with Crippen LogP contribution in [0.5, 0.6) is 0 Å². The Labute approximate surface area is 119 Å². The molecule has 20 heavy (non-hydrogen) atoms. The van der Waals surface area contributed by atoms with E-state index in [-0.39, 0.29) is 23.7 Å². The van der Waals surface area contributed by atoms with Gasteiger partial charge in [-0.3, -0.25) is 9.59 Å². The predicted octanol–water partition coefficient (Wildman–Crippen LogP) is -0.0385. The average molecular weight is 285 g/mol. The molecule has 0 aromatic carbocycles. The highest BCUT2D eigenvalue weighted by Crippen LogP contribution is 2.18. The third-order valence-electron chi connectivity index (χ3n) is 3.51. The summed E-state index contributed by atoms with van der Waals surface area (Å²) in [5.41, 5.74) is 0. The third kappa shape index (κ3) is 3.85. The molecule has 0 saturated carbocycles. The number of amides is 3. The molecule has 0 radical (unpaired) electrons. The van der Waals surface area contributed by atoms with Gasteiger partial charge in [0.25, 0.3) is 0 Å². The summed E-state index contributed by atoms with van der Waals surface area (Å²) in [6.07, 6.45) is 0.0214. The van der Waals surface area contributed by atoms with Gasteiger partial charge < -0.3 is 20.3 Å². The fourth-order valence-corrected chi connectivity index (χ4v) is 2.27. The monoisotopic (exact) mass is 285 g/mol. The van der Waals surface area contributed by atoms with Gasteiger partial charge >= 0.3 is 6.09 Å². The Morgan fingerprint density at radius 2 is 1.95 bits per heavy atom. The summed E-state index contributed by atoms with van der Waals surface area (Å²) in [7, 11) is 2.84. The second-order valence-corrected chi connectivity index (χ2v) is 5.24. The fraction of sp³-hybridized carbons (Fsp3) is 0.769. The lowest BCUT2D eigenvalue weighted by Gasteiger charge is -2.26. The molecule has 0 unspecified atom stereocenters. The second-order valence-electron chi connectivity index (χ2n) is 5.24. The quantitative estimate of drug-likeness (QED) is 0.759. The molecule has 1 aliphatic rings. The van der Waals surface area contributed by atoms with Crippen molar-refractivity contribution in [3.05, 3.63) is 0 Å². The molecular formula is C13H23N3O4. The fourth-order valence-electron chi connectivity index (χ4n) is 2.27. The van der Waals surface area contributed by atoms with Crippen LogP contribution >= 0.6 is 0 Å². The Morgan fingerprint density at radius 3 is 2.45 bits per heavy atom. The number of carbonyl (C=O) groups excluding carboxylic acids is 3. The van der Waals surface area contributed by atoms with Gasteiger partial charge in [0.2, 0.25) is 11.8 Å². The maximum atomic E-state index is 12.4. The zero-order valence-corrected chi connectivity index (χ0v) is 12.4. The van der Waals surface area contributed by atoms with Gasteiger partial charge in [0.1, 0.15) is 6.04 Å². The Bertz CT molecular complexity index is 384. The minimum Gasteiger partial charge on any atom is -0.453 e. The van der Waals surface area contributed by atoms with Crippen LogP contribution in [-0.2, 0) is 14.3 Å². The van der Waals surface area contributed by atoms with Crippen LogP contribution in [0.1, 0.15) is 20.3 Å². The average Bonchev–Trinajstić information content (AvgIpc) is 2.92. The van der Waals surface area contributed by atoms with Crippen LogP contribution in [0.15, 0.2) is 0 Å². The number of likely N-dealkylation sites (tertiary alicyclic amines) is 1. The van der Waals surface area contributed by atoms with Gasteiger partial charge in [-0.25, -0.2) is 4.79 Å². The van der Waals surface area contributed by atoms with Crippen LogP contribution in [0.4, 0.5) is 4.79 Å². The van der Waals surface area contributed by atoms with Crippen LogP contribution in [0, 0.1) is 11.8 Å². The maximum absolute atomic E-state index is 12.4. The van der Waals surface area contributed by atoms with Crippen LogP contribution in [0.25, 0.3) is 0 Å². The second kappa shape index (κ2) is 7.12. The van der Waals surface area contributed by atoms with E-state index in [0.717, 1.165) is 0 Å². The normalized spacial score (nSPS) is 19.6. The molecule has 114 valence electrons. The van der Waals surface area contributed by atoms with Crippen LogP contribution < -0.4 is 10.6 Å². The van der Waals surface area contributed by atoms with Crippen molar-refractivity contribution in [3.63, 3.8) is 0 Å². The summed E-state index contributed by atoms with van der Waals surface area (Å²) >= 11 is 0. The van der Waals surface area contributed by atoms with Gasteiger partial charge in [-0.1, -0.05) is 13.8 Å². The molecule has 0 spiro atoms. The Kier molecular flexibility index (Phi) is 5.79. The zero-order valence-electron chi connectivity index (χ0n) is 12.4. The van der Waals surface area contributed by atoms with E-state index in [0.29, 0.717) is 19.5 Å². The van der Waals surface area contributed by atoms with Crippen molar-refractivity contribution in [1.82, 2.24) is 15.5 Å². The number of hydrogen-bond acceptors (Lipinski definition) is 4. The van der Waals surface area contributed by atoms with Crippen molar-refractivity contribution in [2.75, 3.05) is 27.2 Å². The molecule has 0 aromatic heterocycles. The first-order valence-corrected chi connectivity index (χ1v) is 6.75. The van der Waals surface area contributed by atoms with Crippen molar-refractivity contribution in [3.8, 4) is 0 Å². The molecule has 7 heteroatoms. The summed E-state index contributed by atoms with van der Waals surface area (Å²) in [5.74, 6) is -0.449. The van der Waals surface area contributed by atoms with Gasteiger partial charge in [-0.15, -0.1) is 0 Å². The van der Waals surface area contributed by atoms with E-state index in [1.54, 1.807) is 11.9 Å². The summed E-state index contributed by atoms with van der Waals surface area (Å²) in [6, 6.07) is -0.633. The van der Waals surface area contributed by atoms with Gasteiger partial charge in [-0.2, -0.15) is 0 Å². The molecule has 1 heterocycles. The number of alkyl carbamates (subject to hydrolysis) is 1. The number of rotatable bonds is 4. The van der Waals surface area contributed by atoms with E-state index in [9.17, 15) is 14.4 Å². The third-order valence-corrected chi connectivity index (χ3v) is 3.51. The molecule has 2 N–H and O–H groups in total. The van der Waals surface area contributed by atoms with Crippen LogP contribution in [0.3, 0.4) is 0 Å². The molecule has 0 aliphatic carbocycles. The standard InChI is InChI=1S/C13H23N3O4/c1-8(2)10(15-13(19)20-4)12(18)16-6-5-9(7-16)11(17)14-3/h8-10H,5-7H2,1-4H3,(H,14,17)(H,15,19)/t9-,10+/m1/s1. The molecule has 1 fully saturated rings.